The van der Waals surface area contributed by atoms with Crippen molar-refractivity contribution < 1.29 is 42.1 Å². The normalized spacial score (nSPS) is 17.7. The van der Waals surface area contributed by atoms with Gasteiger partial charge < -0.3 is 33.7 Å². The molecule has 0 radical (unpaired) electrons. The van der Waals surface area contributed by atoms with Gasteiger partial charge in [-0.1, -0.05) is 30.3 Å². The maximum absolute atomic E-state index is 15.2. The fourth-order valence-electron chi connectivity index (χ4n) is 8.89. The molecule has 1 fully saturated rings. The predicted molar refractivity (Wildman–Crippen MR) is 215 cm³/mol. The van der Waals surface area contributed by atoms with Gasteiger partial charge in [-0.25, -0.2) is 0 Å². The van der Waals surface area contributed by atoms with Crippen LogP contribution in [-0.4, -0.2) is 77.0 Å². The third kappa shape index (κ3) is 7.65. The van der Waals surface area contributed by atoms with Crippen molar-refractivity contribution in [2.24, 2.45) is 0 Å². The number of halogens is 3. The summed E-state index contributed by atoms with van der Waals surface area (Å²) in [5.74, 6) is 0.392. The molecule has 5 heterocycles. The first kappa shape index (κ1) is 38.7. The molecule has 306 valence electrons. The lowest BCUT2D eigenvalue weighted by Crippen LogP contribution is -2.52. The summed E-state index contributed by atoms with van der Waals surface area (Å²) in [6, 6.07) is 23.2. The molecule has 59 heavy (non-hydrogen) atoms. The van der Waals surface area contributed by atoms with E-state index in [0.717, 1.165) is 49.3 Å². The summed E-state index contributed by atoms with van der Waals surface area (Å²) in [5, 5.41) is 10.1. The maximum atomic E-state index is 15.2. The van der Waals surface area contributed by atoms with E-state index in [4.69, 9.17) is 14.2 Å². The van der Waals surface area contributed by atoms with Crippen molar-refractivity contribution in [3.8, 4) is 28.5 Å². The molecule has 5 aromatic rings. The Kier molecular flexibility index (Phi) is 10.3. The van der Waals surface area contributed by atoms with Gasteiger partial charge in [-0.15, -0.1) is 0 Å². The quantitative estimate of drug-likeness (QED) is 0.170. The number of aromatic hydroxyl groups is 1. The fraction of sp³-hybridized carbons (Fsp3) is 0.348. The van der Waals surface area contributed by atoms with Gasteiger partial charge in [0.05, 0.1) is 36.4 Å². The van der Waals surface area contributed by atoms with Crippen LogP contribution in [0.2, 0.25) is 0 Å². The molecular weight excluding hydrogens is 762 g/mol. The summed E-state index contributed by atoms with van der Waals surface area (Å²) in [6.45, 7) is 6.19. The minimum atomic E-state index is -4.56. The highest BCUT2D eigenvalue weighted by atomic mass is 19.4. The van der Waals surface area contributed by atoms with Crippen LogP contribution in [0, 0.1) is 6.92 Å². The Morgan fingerprint density at radius 3 is 2.37 bits per heavy atom. The molecule has 0 bridgehead atoms. The first-order valence-corrected chi connectivity index (χ1v) is 20.1. The molecule has 4 aliphatic rings. The molecule has 1 unspecified atom stereocenters. The molecular formula is C46H45F3N4O6. The second kappa shape index (κ2) is 15.8. The van der Waals surface area contributed by atoms with Gasteiger partial charge in [-0.2, -0.15) is 13.2 Å². The zero-order valence-electron chi connectivity index (χ0n) is 32.8. The average molecular weight is 807 g/mol. The van der Waals surface area contributed by atoms with Gasteiger partial charge >= 0.3 is 6.18 Å². The van der Waals surface area contributed by atoms with E-state index in [9.17, 15) is 18.3 Å². The summed E-state index contributed by atoms with van der Waals surface area (Å²) in [6.07, 6.45) is -1.58. The monoisotopic (exact) mass is 806 g/mol. The number of phenols is 1. The number of morpholine rings is 1. The Morgan fingerprint density at radius 1 is 0.864 bits per heavy atom. The molecule has 1 aromatic heterocycles. The molecule has 1 N–H and O–H groups in total. The number of rotatable bonds is 8. The zero-order valence-corrected chi connectivity index (χ0v) is 32.8. The highest BCUT2D eigenvalue weighted by Crippen LogP contribution is 2.43. The standard InChI is InChI=1S/C46H45F3N4O6/c1-29-9-10-33(46(47,48)49)20-32(29)26-52(34-11-13-36(54)14-12-34)45(56)39-22-41(51-15-5-4-8-40(39)51)37-23-42-43(59-28-58-42)24-38(37)44(55)53-25-31-7-3-2-6-30(31)21-35(53)27-50-16-18-57-19-17-50/h2-3,6-7,9-14,20,22-24,35,54H,4-5,8,15-19,21,25-28H2,1H3. The number of aromatic nitrogens is 1. The number of hydrogen-bond donors (Lipinski definition) is 1. The SMILES string of the molecule is Cc1ccc(C(F)(F)F)cc1CN(C(=O)c1cc(-c2cc3c(cc2C(=O)N2Cc4ccccc4CC2CN2CCOCC2)OCO3)n2c1CCCC2)c1ccc(O)cc1. The van der Waals surface area contributed by atoms with E-state index in [2.05, 4.69) is 21.6 Å². The third-order valence-corrected chi connectivity index (χ3v) is 12.1. The van der Waals surface area contributed by atoms with E-state index in [1.165, 1.54) is 28.7 Å². The lowest BCUT2D eigenvalue weighted by atomic mass is 9.92. The lowest BCUT2D eigenvalue weighted by molar-refractivity contribution is -0.137. The lowest BCUT2D eigenvalue weighted by Gasteiger charge is -2.40. The van der Waals surface area contributed by atoms with Crippen LogP contribution in [0.15, 0.2) is 84.9 Å². The highest BCUT2D eigenvalue weighted by molar-refractivity contribution is 6.09. The summed E-state index contributed by atoms with van der Waals surface area (Å²) in [5.41, 5.74) is 5.77. The van der Waals surface area contributed by atoms with Crippen molar-refractivity contribution in [1.82, 2.24) is 14.4 Å². The molecule has 9 rings (SSSR count). The number of nitrogens with zero attached hydrogens (tertiary/aromatic N) is 4. The van der Waals surface area contributed by atoms with E-state index in [0.29, 0.717) is 96.4 Å². The predicted octanol–water partition coefficient (Wildman–Crippen LogP) is 8.00. The Bertz CT molecular complexity index is 2410. The zero-order chi connectivity index (χ0) is 40.8. The number of benzene rings is 4. The molecule has 2 amide bonds. The average Bonchev–Trinajstić information content (AvgIpc) is 3.87. The smallest absolute Gasteiger partial charge is 0.416 e. The molecule has 13 heteroatoms. The van der Waals surface area contributed by atoms with Crippen molar-refractivity contribution in [3.05, 3.63) is 130 Å². The molecule has 4 aliphatic heterocycles. The topological polar surface area (TPSA) is 96.7 Å². The van der Waals surface area contributed by atoms with E-state index in [1.807, 2.05) is 29.2 Å². The summed E-state index contributed by atoms with van der Waals surface area (Å²) in [7, 11) is 0. The van der Waals surface area contributed by atoms with E-state index in [-0.39, 0.29) is 31.0 Å². The number of aryl methyl sites for hydroxylation is 1. The van der Waals surface area contributed by atoms with Crippen LogP contribution in [0.3, 0.4) is 0 Å². The first-order chi connectivity index (χ1) is 28.5. The van der Waals surface area contributed by atoms with Crippen LogP contribution >= 0.6 is 0 Å². The number of carbonyl (C=O) groups excluding carboxylic acids is 2. The fourth-order valence-corrected chi connectivity index (χ4v) is 8.89. The van der Waals surface area contributed by atoms with Crippen LogP contribution in [0.1, 0.15) is 67.1 Å². The number of fused-ring (bicyclic) bond motifs is 3. The molecule has 1 saturated heterocycles. The van der Waals surface area contributed by atoms with Crippen molar-refractivity contribution >= 4 is 17.5 Å². The van der Waals surface area contributed by atoms with Gasteiger partial charge in [0.15, 0.2) is 11.5 Å². The molecule has 0 saturated carbocycles. The van der Waals surface area contributed by atoms with Crippen molar-refractivity contribution in [3.63, 3.8) is 0 Å². The number of ether oxygens (including phenoxy) is 3. The third-order valence-electron chi connectivity index (χ3n) is 12.1. The van der Waals surface area contributed by atoms with Crippen LogP contribution in [0.25, 0.3) is 11.3 Å². The second-order valence-electron chi connectivity index (χ2n) is 15.8. The molecule has 1 atom stereocenters. The number of phenolic OH excluding ortho intramolecular Hbond substituents is 1. The van der Waals surface area contributed by atoms with E-state index >= 15 is 9.59 Å². The summed E-state index contributed by atoms with van der Waals surface area (Å²) < 4.78 is 61.2. The highest BCUT2D eigenvalue weighted by Gasteiger charge is 2.37. The van der Waals surface area contributed by atoms with Crippen molar-refractivity contribution in [2.45, 2.75) is 64.5 Å². The second-order valence-corrected chi connectivity index (χ2v) is 15.8. The van der Waals surface area contributed by atoms with Gasteiger partial charge in [0.1, 0.15) is 5.75 Å². The molecule has 0 aliphatic carbocycles. The van der Waals surface area contributed by atoms with Crippen molar-refractivity contribution in [2.75, 3.05) is 44.5 Å². The Hall–Kier alpha value is -5.79. The van der Waals surface area contributed by atoms with Gasteiger partial charge in [-0.3, -0.25) is 14.5 Å². The number of alkyl halides is 3. The number of anilines is 1. The summed E-state index contributed by atoms with van der Waals surface area (Å²) >= 11 is 0. The number of hydrogen-bond acceptors (Lipinski definition) is 7. The Morgan fingerprint density at radius 2 is 1.61 bits per heavy atom. The van der Waals surface area contributed by atoms with Crippen LogP contribution in [0.5, 0.6) is 17.2 Å². The van der Waals surface area contributed by atoms with Crippen LogP contribution < -0.4 is 14.4 Å². The first-order valence-electron chi connectivity index (χ1n) is 20.1. The van der Waals surface area contributed by atoms with Gasteiger partial charge in [-0.05, 0) is 109 Å². The minimum Gasteiger partial charge on any atom is -0.508 e. The number of amides is 2. The maximum Gasteiger partial charge on any atom is 0.416 e. The van der Waals surface area contributed by atoms with Gasteiger partial charge in [0.2, 0.25) is 6.79 Å². The van der Waals surface area contributed by atoms with E-state index < -0.39 is 17.6 Å². The minimum absolute atomic E-state index is 0.00963. The molecule has 4 aromatic carbocycles. The number of carbonyl (C=O) groups is 2. The van der Waals surface area contributed by atoms with Gasteiger partial charge in [0.25, 0.3) is 11.8 Å². The van der Waals surface area contributed by atoms with Crippen molar-refractivity contribution in [1.29, 1.82) is 0 Å². The summed E-state index contributed by atoms with van der Waals surface area (Å²) in [4.78, 5) is 36.0. The van der Waals surface area contributed by atoms with Crippen LogP contribution in [-0.2, 0) is 43.4 Å². The molecule has 0 spiro atoms. The molecule has 10 nitrogen and oxygen atoms in total. The Balaban J connectivity index is 1.14. The Labute approximate surface area is 340 Å². The van der Waals surface area contributed by atoms with E-state index in [1.54, 1.807) is 25.1 Å². The largest absolute Gasteiger partial charge is 0.508 e. The van der Waals surface area contributed by atoms with Crippen LogP contribution in [0.4, 0.5) is 18.9 Å². The van der Waals surface area contributed by atoms with Gasteiger partial charge in [0, 0.05) is 61.4 Å².